The number of hydrogen-bond acceptors (Lipinski definition) is 0. The van der Waals surface area contributed by atoms with Gasteiger partial charge in [0.15, 0.2) is 0 Å². The molecule has 0 rings (SSSR count). The second kappa shape index (κ2) is 8.69. The average molecular weight is 148 g/mol. The van der Waals surface area contributed by atoms with E-state index in [1.54, 1.807) is 0 Å². The standard InChI is InChI=1S/C10H21.Li/c1-5-10(4)8-6-7-9(2)3;/h9-10H,2,5-8H2,1,3-4H3;/q-1;+1. The van der Waals surface area contributed by atoms with Gasteiger partial charge < -0.3 is 6.92 Å². The van der Waals surface area contributed by atoms with Crippen LogP contribution >= 0.6 is 0 Å². The molecule has 1 heteroatoms. The van der Waals surface area contributed by atoms with Crippen molar-refractivity contribution in [3.63, 3.8) is 0 Å². The Morgan fingerprint density at radius 1 is 1.18 bits per heavy atom. The van der Waals surface area contributed by atoms with E-state index in [2.05, 4.69) is 27.7 Å². The van der Waals surface area contributed by atoms with Gasteiger partial charge in [-0.3, -0.25) is 0 Å². The van der Waals surface area contributed by atoms with Crippen molar-refractivity contribution in [1.29, 1.82) is 0 Å². The fourth-order valence-corrected chi connectivity index (χ4v) is 1.02. The molecular weight excluding hydrogens is 127 g/mol. The van der Waals surface area contributed by atoms with Crippen LogP contribution in [0.5, 0.6) is 0 Å². The molecule has 0 radical (unpaired) electrons. The molecule has 0 aliphatic rings. The third kappa shape index (κ3) is 10.6. The Balaban J connectivity index is 0. The van der Waals surface area contributed by atoms with Crippen LogP contribution in [0.15, 0.2) is 0 Å². The molecule has 0 aromatic heterocycles. The van der Waals surface area contributed by atoms with Crippen molar-refractivity contribution in [2.45, 2.75) is 46.5 Å². The minimum absolute atomic E-state index is 0. The molecule has 0 bridgehead atoms. The maximum Gasteiger partial charge on any atom is 1.00 e. The van der Waals surface area contributed by atoms with Crippen LogP contribution in [0.1, 0.15) is 46.5 Å². The van der Waals surface area contributed by atoms with Crippen LogP contribution in [0.25, 0.3) is 0 Å². The van der Waals surface area contributed by atoms with E-state index in [4.69, 9.17) is 0 Å². The Hall–Kier alpha value is 0.597. The minimum Gasteiger partial charge on any atom is -0.341 e. The van der Waals surface area contributed by atoms with Crippen LogP contribution in [0.3, 0.4) is 0 Å². The van der Waals surface area contributed by atoms with Crippen molar-refractivity contribution in [1.82, 2.24) is 0 Å². The summed E-state index contributed by atoms with van der Waals surface area (Å²) in [5.74, 6) is 1.56. The third-order valence-corrected chi connectivity index (χ3v) is 2.09. The number of hydrogen-bond donors (Lipinski definition) is 0. The zero-order valence-electron chi connectivity index (χ0n) is 8.69. The Kier molecular flexibility index (Phi) is 11.2. The van der Waals surface area contributed by atoms with E-state index in [1.165, 1.54) is 25.7 Å². The summed E-state index contributed by atoms with van der Waals surface area (Å²) >= 11 is 0. The van der Waals surface area contributed by atoms with E-state index in [1.807, 2.05) is 0 Å². The Bertz CT molecular complexity index is 69.3. The minimum atomic E-state index is 0. The summed E-state index contributed by atoms with van der Waals surface area (Å²) in [6, 6.07) is 0. The van der Waals surface area contributed by atoms with Crippen molar-refractivity contribution in [3.8, 4) is 0 Å². The second-order valence-electron chi connectivity index (χ2n) is 3.55. The summed E-state index contributed by atoms with van der Waals surface area (Å²) in [7, 11) is 0. The van der Waals surface area contributed by atoms with E-state index < -0.39 is 0 Å². The predicted molar refractivity (Wildman–Crippen MR) is 47.8 cm³/mol. The molecule has 2 unspecified atom stereocenters. The molecule has 0 fully saturated rings. The summed E-state index contributed by atoms with van der Waals surface area (Å²) in [6.45, 7) is 10.7. The SMILES string of the molecule is [CH2-]C(C)CCCC(C)CC.[Li+]. The van der Waals surface area contributed by atoms with Crippen molar-refractivity contribution in [2.24, 2.45) is 11.8 Å². The summed E-state index contributed by atoms with van der Waals surface area (Å²) < 4.78 is 0. The Labute approximate surface area is 84.3 Å². The summed E-state index contributed by atoms with van der Waals surface area (Å²) in [4.78, 5) is 0. The first-order chi connectivity index (χ1) is 4.66. The maximum atomic E-state index is 3.96. The van der Waals surface area contributed by atoms with Gasteiger partial charge in [0.25, 0.3) is 0 Å². The van der Waals surface area contributed by atoms with Gasteiger partial charge in [0.2, 0.25) is 0 Å². The van der Waals surface area contributed by atoms with E-state index >= 15 is 0 Å². The second-order valence-corrected chi connectivity index (χ2v) is 3.55. The van der Waals surface area contributed by atoms with Crippen LogP contribution in [0, 0.1) is 18.8 Å². The fraction of sp³-hybridized carbons (Fsp3) is 0.900. The molecule has 0 amide bonds. The third-order valence-electron chi connectivity index (χ3n) is 2.09. The molecule has 0 aromatic rings. The molecule has 11 heavy (non-hydrogen) atoms. The van der Waals surface area contributed by atoms with Crippen molar-refractivity contribution >= 4 is 0 Å². The van der Waals surface area contributed by atoms with Crippen LogP contribution in [0.4, 0.5) is 0 Å². The largest absolute Gasteiger partial charge is 1.00 e. The van der Waals surface area contributed by atoms with Crippen molar-refractivity contribution < 1.29 is 18.9 Å². The molecule has 0 aliphatic heterocycles. The van der Waals surface area contributed by atoms with Gasteiger partial charge in [-0.2, -0.15) is 5.92 Å². The van der Waals surface area contributed by atoms with Gasteiger partial charge in [0.05, 0.1) is 0 Å². The van der Waals surface area contributed by atoms with E-state index in [-0.39, 0.29) is 18.9 Å². The van der Waals surface area contributed by atoms with Gasteiger partial charge in [0, 0.05) is 0 Å². The Morgan fingerprint density at radius 2 is 1.73 bits per heavy atom. The average Bonchev–Trinajstić information content (AvgIpc) is 1.87. The van der Waals surface area contributed by atoms with E-state index in [0.29, 0.717) is 5.92 Å². The summed E-state index contributed by atoms with van der Waals surface area (Å²) in [5, 5.41) is 0. The molecular formula is C10H21Li. The van der Waals surface area contributed by atoms with Gasteiger partial charge in [-0.15, -0.1) is 0 Å². The molecule has 0 nitrogen and oxygen atoms in total. The van der Waals surface area contributed by atoms with Gasteiger partial charge in [-0.25, -0.2) is 0 Å². The van der Waals surface area contributed by atoms with Crippen LogP contribution in [-0.2, 0) is 0 Å². The van der Waals surface area contributed by atoms with Crippen molar-refractivity contribution in [2.75, 3.05) is 0 Å². The zero-order valence-corrected chi connectivity index (χ0v) is 8.69. The van der Waals surface area contributed by atoms with E-state index in [9.17, 15) is 0 Å². The van der Waals surface area contributed by atoms with Crippen LogP contribution in [0.2, 0.25) is 0 Å². The monoisotopic (exact) mass is 148 g/mol. The van der Waals surface area contributed by atoms with Crippen LogP contribution in [-0.4, -0.2) is 0 Å². The molecule has 0 heterocycles. The number of rotatable bonds is 5. The first-order valence-electron chi connectivity index (χ1n) is 4.49. The predicted octanol–water partition coefficient (Wildman–Crippen LogP) is 0.677. The van der Waals surface area contributed by atoms with Gasteiger partial charge in [-0.05, 0) is 5.92 Å². The first-order valence-corrected chi connectivity index (χ1v) is 4.49. The molecule has 0 N–H and O–H groups in total. The molecule has 0 saturated carbocycles. The quantitative estimate of drug-likeness (QED) is 0.397. The summed E-state index contributed by atoms with van der Waals surface area (Å²) in [6.07, 6.45) is 5.37. The molecule has 0 aliphatic carbocycles. The van der Waals surface area contributed by atoms with Gasteiger partial charge >= 0.3 is 18.9 Å². The molecule has 2 atom stereocenters. The zero-order chi connectivity index (χ0) is 7.98. The molecule has 62 valence electrons. The van der Waals surface area contributed by atoms with Gasteiger partial charge in [0.1, 0.15) is 0 Å². The van der Waals surface area contributed by atoms with E-state index in [0.717, 1.165) is 5.92 Å². The van der Waals surface area contributed by atoms with Crippen LogP contribution < -0.4 is 18.9 Å². The molecule has 0 spiro atoms. The topological polar surface area (TPSA) is 0 Å². The van der Waals surface area contributed by atoms with Crippen molar-refractivity contribution in [3.05, 3.63) is 6.92 Å². The van der Waals surface area contributed by atoms with Gasteiger partial charge in [-0.1, -0.05) is 46.5 Å². The smallest absolute Gasteiger partial charge is 0.341 e. The maximum absolute atomic E-state index is 3.96. The fourth-order valence-electron chi connectivity index (χ4n) is 1.02. The molecule has 0 aromatic carbocycles. The first kappa shape index (κ1) is 14.1. The summed E-state index contributed by atoms with van der Waals surface area (Å²) in [5.41, 5.74) is 0. The molecule has 0 saturated heterocycles. The normalized spacial score (nSPS) is 15.3. The Morgan fingerprint density at radius 3 is 2.09 bits per heavy atom.